The van der Waals surface area contributed by atoms with Gasteiger partial charge in [0, 0.05) is 17.6 Å². The maximum Gasteiger partial charge on any atom is 0.0847 e. The molecule has 3 heteroatoms. The van der Waals surface area contributed by atoms with Gasteiger partial charge in [-0.25, -0.2) is 0 Å². The van der Waals surface area contributed by atoms with Gasteiger partial charge in [0.2, 0.25) is 0 Å². The highest BCUT2D eigenvalue weighted by Crippen LogP contribution is 2.44. The first-order valence-corrected chi connectivity index (χ1v) is 7.32. The van der Waals surface area contributed by atoms with Gasteiger partial charge in [0.1, 0.15) is 0 Å². The zero-order valence-corrected chi connectivity index (χ0v) is 11.5. The second-order valence-corrected chi connectivity index (χ2v) is 5.52. The van der Waals surface area contributed by atoms with E-state index in [9.17, 15) is 5.11 Å². The number of anilines is 1. The average Bonchev–Trinajstić information content (AvgIpc) is 3.28. The first-order chi connectivity index (χ1) is 9.29. The number of rotatable bonds is 5. The summed E-state index contributed by atoms with van der Waals surface area (Å²) in [4.78, 5) is 0. The smallest absolute Gasteiger partial charge is 0.0847 e. The quantitative estimate of drug-likeness (QED) is 0.815. The van der Waals surface area contributed by atoms with Crippen LogP contribution in [0.2, 0.25) is 0 Å². The van der Waals surface area contributed by atoms with Crippen LogP contribution < -0.4 is 5.32 Å². The number of hydrogen-bond acceptors (Lipinski definition) is 2. The first-order valence-electron chi connectivity index (χ1n) is 6.79. The van der Waals surface area contributed by atoms with E-state index in [1.807, 2.05) is 0 Å². The summed E-state index contributed by atoms with van der Waals surface area (Å²) in [6, 6.07) is 12.8. The molecule has 1 fully saturated rings. The van der Waals surface area contributed by atoms with E-state index in [2.05, 4.69) is 41.7 Å². The van der Waals surface area contributed by atoms with Gasteiger partial charge < -0.3 is 10.4 Å². The minimum absolute atomic E-state index is 0.255. The highest BCUT2D eigenvalue weighted by Gasteiger charge is 2.25. The van der Waals surface area contributed by atoms with E-state index in [1.165, 1.54) is 29.2 Å². The van der Waals surface area contributed by atoms with Crippen LogP contribution in [-0.4, -0.2) is 23.6 Å². The van der Waals surface area contributed by atoms with Crippen LogP contribution in [0.4, 0.5) is 5.69 Å². The fourth-order valence-electron chi connectivity index (χ4n) is 2.51. The predicted molar refractivity (Wildman–Crippen MR) is 81.1 cm³/mol. The lowest BCUT2D eigenvalue weighted by Crippen LogP contribution is -2.20. The van der Waals surface area contributed by atoms with Crippen molar-refractivity contribution in [3.8, 4) is 0 Å². The molecule has 1 aliphatic carbocycles. The maximum absolute atomic E-state index is 9.55. The Morgan fingerprint density at radius 2 is 1.89 bits per heavy atom. The van der Waals surface area contributed by atoms with Gasteiger partial charge in [-0.15, -0.1) is 11.6 Å². The molecular weight excluding hydrogens is 258 g/mol. The second-order valence-electron chi connectivity index (χ2n) is 5.21. The minimum atomic E-state index is -0.511. The fourth-order valence-corrected chi connectivity index (χ4v) is 2.62. The van der Waals surface area contributed by atoms with Gasteiger partial charge in [0.25, 0.3) is 0 Å². The number of alkyl halides is 1. The normalized spacial score (nSPS) is 16.5. The molecule has 0 amide bonds. The Labute approximate surface area is 118 Å². The van der Waals surface area contributed by atoms with Crippen molar-refractivity contribution in [3.05, 3.63) is 42.0 Å². The molecule has 2 nitrogen and oxygen atoms in total. The average molecular weight is 276 g/mol. The van der Waals surface area contributed by atoms with Crippen LogP contribution >= 0.6 is 11.6 Å². The van der Waals surface area contributed by atoms with Crippen LogP contribution in [0, 0.1) is 0 Å². The van der Waals surface area contributed by atoms with Crippen molar-refractivity contribution in [2.75, 3.05) is 17.7 Å². The third kappa shape index (κ3) is 2.70. The van der Waals surface area contributed by atoms with Crippen LogP contribution in [0.25, 0.3) is 10.8 Å². The van der Waals surface area contributed by atoms with E-state index in [0.717, 1.165) is 11.6 Å². The van der Waals surface area contributed by atoms with E-state index in [4.69, 9.17) is 11.6 Å². The highest BCUT2D eigenvalue weighted by molar-refractivity contribution is 6.18. The van der Waals surface area contributed by atoms with Crippen molar-refractivity contribution in [2.24, 2.45) is 0 Å². The van der Waals surface area contributed by atoms with Crippen LogP contribution in [-0.2, 0) is 0 Å². The van der Waals surface area contributed by atoms with Crippen LogP contribution in [0.15, 0.2) is 36.4 Å². The molecule has 0 aromatic heterocycles. The van der Waals surface area contributed by atoms with E-state index >= 15 is 0 Å². The van der Waals surface area contributed by atoms with Gasteiger partial charge >= 0.3 is 0 Å². The molecule has 2 aromatic rings. The van der Waals surface area contributed by atoms with Gasteiger partial charge in [-0.2, -0.15) is 0 Å². The summed E-state index contributed by atoms with van der Waals surface area (Å²) in [5.74, 6) is 0.998. The summed E-state index contributed by atoms with van der Waals surface area (Å²) in [6.45, 7) is 0.482. The van der Waals surface area contributed by atoms with Gasteiger partial charge in [-0.05, 0) is 35.8 Å². The summed E-state index contributed by atoms with van der Waals surface area (Å²) in [6.07, 6.45) is 2.10. The van der Waals surface area contributed by atoms with Crippen LogP contribution in [0.1, 0.15) is 24.3 Å². The Morgan fingerprint density at radius 1 is 1.16 bits per heavy atom. The zero-order chi connectivity index (χ0) is 13.2. The van der Waals surface area contributed by atoms with E-state index in [-0.39, 0.29) is 5.88 Å². The molecule has 19 heavy (non-hydrogen) atoms. The van der Waals surface area contributed by atoms with Gasteiger partial charge in [-0.3, -0.25) is 0 Å². The molecule has 0 heterocycles. The van der Waals surface area contributed by atoms with E-state index in [0.29, 0.717) is 6.54 Å². The monoisotopic (exact) mass is 275 g/mol. The number of halogens is 1. The lowest BCUT2D eigenvalue weighted by molar-refractivity contribution is 0.211. The number of benzene rings is 2. The lowest BCUT2D eigenvalue weighted by Gasteiger charge is -2.14. The summed E-state index contributed by atoms with van der Waals surface area (Å²) < 4.78 is 0. The van der Waals surface area contributed by atoms with E-state index in [1.54, 1.807) is 0 Å². The van der Waals surface area contributed by atoms with Gasteiger partial charge in [-0.1, -0.05) is 30.3 Å². The molecule has 1 saturated carbocycles. The summed E-state index contributed by atoms with van der Waals surface area (Å²) in [5.41, 5.74) is 2.53. The maximum atomic E-state index is 9.55. The van der Waals surface area contributed by atoms with Crippen molar-refractivity contribution in [3.63, 3.8) is 0 Å². The molecular formula is C16H18ClNO. The zero-order valence-electron chi connectivity index (χ0n) is 10.8. The van der Waals surface area contributed by atoms with Gasteiger partial charge in [0.05, 0.1) is 12.0 Å². The number of nitrogens with one attached hydrogen (secondary N) is 1. The summed E-state index contributed by atoms with van der Waals surface area (Å²) in [7, 11) is 0. The molecule has 0 aliphatic heterocycles. The molecule has 3 rings (SSSR count). The number of hydrogen-bond donors (Lipinski definition) is 2. The molecule has 0 radical (unpaired) electrons. The molecule has 1 aliphatic rings. The molecule has 2 N–H and O–H groups in total. The minimum Gasteiger partial charge on any atom is -0.390 e. The number of fused-ring (bicyclic) bond motifs is 1. The number of aliphatic hydroxyl groups is 1. The Bertz CT molecular complexity index is 580. The molecule has 1 unspecified atom stereocenters. The third-order valence-corrected chi connectivity index (χ3v) is 4.04. The second kappa shape index (κ2) is 5.40. The van der Waals surface area contributed by atoms with E-state index < -0.39 is 6.10 Å². The molecule has 0 bridgehead atoms. The van der Waals surface area contributed by atoms with Gasteiger partial charge in [0.15, 0.2) is 0 Å². The van der Waals surface area contributed by atoms with Crippen LogP contribution in [0.3, 0.4) is 0 Å². The molecule has 0 spiro atoms. The molecule has 0 saturated heterocycles. The number of aliphatic hydroxyl groups excluding tert-OH is 1. The van der Waals surface area contributed by atoms with Crippen LogP contribution in [0.5, 0.6) is 0 Å². The molecule has 2 aromatic carbocycles. The Balaban J connectivity index is 1.94. The van der Waals surface area contributed by atoms with Crippen molar-refractivity contribution < 1.29 is 5.11 Å². The molecule has 100 valence electrons. The largest absolute Gasteiger partial charge is 0.390 e. The molecule has 1 atom stereocenters. The van der Waals surface area contributed by atoms with Crippen molar-refractivity contribution in [1.82, 2.24) is 0 Å². The Kier molecular flexibility index (Phi) is 3.63. The standard InChI is InChI=1S/C16H18ClNO/c17-9-12(19)10-18-16-8-7-13(11-5-6-11)14-3-1-2-4-15(14)16/h1-4,7-8,11-12,18-19H,5-6,9-10H2. The first kappa shape index (κ1) is 12.8. The van der Waals surface area contributed by atoms with Crippen molar-refractivity contribution in [1.29, 1.82) is 0 Å². The summed E-state index contributed by atoms with van der Waals surface area (Å²) >= 11 is 5.62. The Hall–Kier alpha value is -1.25. The Morgan fingerprint density at radius 3 is 2.58 bits per heavy atom. The lowest BCUT2D eigenvalue weighted by atomic mass is 9.99. The highest BCUT2D eigenvalue weighted by atomic mass is 35.5. The fraction of sp³-hybridized carbons (Fsp3) is 0.375. The van der Waals surface area contributed by atoms with Crippen molar-refractivity contribution in [2.45, 2.75) is 24.9 Å². The SMILES string of the molecule is OC(CCl)CNc1ccc(C2CC2)c2ccccc12. The third-order valence-electron chi connectivity index (χ3n) is 3.68. The topological polar surface area (TPSA) is 32.3 Å². The van der Waals surface area contributed by atoms with Crippen molar-refractivity contribution >= 4 is 28.1 Å². The summed E-state index contributed by atoms with van der Waals surface area (Å²) in [5, 5.41) is 15.4. The predicted octanol–water partition coefficient (Wildman–Crippen LogP) is 3.73.